The van der Waals surface area contributed by atoms with Crippen LogP contribution >= 0.6 is 0 Å². The maximum atomic E-state index is 12.2. The summed E-state index contributed by atoms with van der Waals surface area (Å²) in [5.74, 6) is 0.558. The van der Waals surface area contributed by atoms with Gasteiger partial charge in [-0.3, -0.25) is 9.69 Å². The fourth-order valence-corrected chi connectivity index (χ4v) is 2.02. The summed E-state index contributed by atoms with van der Waals surface area (Å²) in [5, 5.41) is 3.11. The predicted octanol–water partition coefficient (Wildman–Crippen LogP) is 1.60. The molecular weight excluding hydrogens is 226 g/mol. The minimum absolute atomic E-state index is 0.0791. The van der Waals surface area contributed by atoms with Crippen LogP contribution in [0.4, 0.5) is 0 Å². The van der Waals surface area contributed by atoms with E-state index < -0.39 is 0 Å². The molecule has 0 spiro atoms. The highest BCUT2D eigenvalue weighted by molar-refractivity contribution is 5.81. The third kappa shape index (κ3) is 5.83. The molecule has 2 unspecified atom stereocenters. The second-order valence-corrected chi connectivity index (χ2v) is 5.13. The maximum absolute atomic E-state index is 12.2. The summed E-state index contributed by atoms with van der Waals surface area (Å²) in [7, 11) is 0. The fraction of sp³-hybridized carbons (Fsp3) is 0.929. The van der Waals surface area contributed by atoms with Crippen LogP contribution in [-0.2, 0) is 4.79 Å². The van der Waals surface area contributed by atoms with E-state index in [1.54, 1.807) is 0 Å². The average Bonchev–Trinajstić information content (AvgIpc) is 2.40. The van der Waals surface area contributed by atoms with E-state index in [1.165, 1.54) is 0 Å². The second kappa shape index (κ2) is 9.34. The number of nitrogens with zero attached hydrogens (tertiary/aromatic N) is 1. The number of hydrogen-bond donors (Lipinski definition) is 2. The lowest BCUT2D eigenvalue weighted by Crippen LogP contribution is -2.49. The van der Waals surface area contributed by atoms with Crippen molar-refractivity contribution in [3.63, 3.8) is 0 Å². The lowest BCUT2D eigenvalue weighted by atomic mass is 10.1. The Balaban J connectivity index is 4.39. The van der Waals surface area contributed by atoms with Crippen molar-refractivity contribution in [3.05, 3.63) is 0 Å². The molecule has 0 saturated carbocycles. The van der Waals surface area contributed by atoms with Gasteiger partial charge < -0.3 is 11.1 Å². The van der Waals surface area contributed by atoms with Crippen molar-refractivity contribution in [3.8, 4) is 0 Å². The molecule has 0 fully saturated rings. The molecule has 4 heteroatoms. The summed E-state index contributed by atoms with van der Waals surface area (Å²) in [6.07, 6.45) is 1.97. The van der Waals surface area contributed by atoms with E-state index in [2.05, 4.69) is 37.9 Å². The van der Waals surface area contributed by atoms with Crippen LogP contribution in [0.3, 0.4) is 0 Å². The molecule has 0 rings (SSSR count). The van der Waals surface area contributed by atoms with Gasteiger partial charge in [0.15, 0.2) is 0 Å². The van der Waals surface area contributed by atoms with E-state index >= 15 is 0 Å². The number of nitrogens with one attached hydrogen (secondary N) is 1. The van der Waals surface area contributed by atoms with Gasteiger partial charge in [-0.15, -0.1) is 0 Å². The van der Waals surface area contributed by atoms with E-state index in [4.69, 9.17) is 5.73 Å². The molecule has 1 amide bonds. The molecule has 0 aromatic carbocycles. The molecule has 0 radical (unpaired) electrons. The van der Waals surface area contributed by atoms with Gasteiger partial charge in [-0.25, -0.2) is 0 Å². The van der Waals surface area contributed by atoms with E-state index in [1.807, 2.05) is 6.92 Å². The second-order valence-electron chi connectivity index (χ2n) is 5.13. The van der Waals surface area contributed by atoms with Gasteiger partial charge in [-0.2, -0.15) is 0 Å². The zero-order valence-corrected chi connectivity index (χ0v) is 12.7. The van der Waals surface area contributed by atoms with Crippen molar-refractivity contribution >= 4 is 5.91 Å². The minimum atomic E-state index is -0.0791. The quantitative estimate of drug-likeness (QED) is 0.659. The first-order chi connectivity index (χ1) is 8.49. The molecule has 0 aliphatic rings. The van der Waals surface area contributed by atoms with Gasteiger partial charge >= 0.3 is 0 Å². The molecular formula is C14H31N3O. The van der Waals surface area contributed by atoms with Gasteiger partial charge in [0.1, 0.15) is 0 Å². The molecule has 3 N–H and O–H groups in total. The molecule has 2 atom stereocenters. The number of nitrogens with two attached hydrogens (primary N) is 1. The smallest absolute Gasteiger partial charge is 0.237 e. The Morgan fingerprint density at radius 1 is 1.22 bits per heavy atom. The molecule has 0 heterocycles. The van der Waals surface area contributed by atoms with Crippen LogP contribution in [0.1, 0.15) is 47.5 Å². The largest absolute Gasteiger partial charge is 0.352 e. The van der Waals surface area contributed by atoms with Gasteiger partial charge in [0.25, 0.3) is 0 Å². The number of amides is 1. The third-order valence-corrected chi connectivity index (χ3v) is 3.61. The number of rotatable bonds is 9. The van der Waals surface area contributed by atoms with Crippen molar-refractivity contribution < 1.29 is 4.79 Å². The van der Waals surface area contributed by atoms with Gasteiger partial charge in [0.05, 0.1) is 6.04 Å². The standard InChI is InChI=1S/C14H31N3O/c1-6-13(7-2)16-14(18)12(5)17(8-3)10-11(4)9-15/h11-13H,6-10,15H2,1-5H3,(H,16,18). The maximum Gasteiger partial charge on any atom is 0.237 e. The zero-order valence-electron chi connectivity index (χ0n) is 12.7. The monoisotopic (exact) mass is 257 g/mol. The highest BCUT2D eigenvalue weighted by Crippen LogP contribution is 2.06. The lowest BCUT2D eigenvalue weighted by molar-refractivity contribution is -0.126. The molecule has 0 bridgehead atoms. The highest BCUT2D eigenvalue weighted by atomic mass is 16.2. The number of carbonyl (C=O) groups excluding carboxylic acids is 1. The first-order valence-electron chi connectivity index (χ1n) is 7.24. The van der Waals surface area contributed by atoms with Crippen LogP contribution in [-0.4, -0.2) is 42.5 Å². The van der Waals surface area contributed by atoms with Gasteiger partial charge in [0.2, 0.25) is 5.91 Å². The van der Waals surface area contributed by atoms with Crippen molar-refractivity contribution in [1.29, 1.82) is 0 Å². The van der Waals surface area contributed by atoms with Crippen LogP contribution in [0, 0.1) is 5.92 Å². The first-order valence-corrected chi connectivity index (χ1v) is 7.24. The van der Waals surface area contributed by atoms with E-state index in [0.717, 1.165) is 25.9 Å². The summed E-state index contributed by atoms with van der Waals surface area (Å²) in [6, 6.07) is 0.218. The molecule has 4 nitrogen and oxygen atoms in total. The molecule has 0 aromatic rings. The van der Waals surface area contributed by atoms with Gasteiger partial charge in [-0.05, 0) is 38.8 Å². The Kier molecular flexibility index (Phi) is 9.02. The van der Waals surface area contributed by atoms with Crippen LogP contribution in [0.25, 0.3) is 0 Å². The van der Waals surface area contributed by atoms with Crippen LogP contribution < -0.4 is 11.1 Å². The number of hydrogen-bond acceptors (Lipinski definition) is 3. The van der Waals surface area contributed by atoms with Crippen molar-refractivity contribution in [2.45, 2.75) is 59.5 Å². The normalized spacial score (nSPS) is 14.9. The summed E-state index contributed by atoms with van der Waals surface area (Å²) in [5.41, 5.74) is 5.65. The Morgan fingerprint density at radius 2 is 1.78 bits per heavy atom. The summed E-state index contributed by atoms with van der Waals surface area (Å²) < 4.78 is 0. The van der Waals surface area contributed by atoms with Crippen LogP contribution in [0.2, 0.25) is 0 Å². The number of likely N-dealkylation sites (N-methyl/N-ethyl adjacent to an activating group) is 1. The third-order valence-electron chi connectivity index (χ3n) is 3.61. The molecule has 18 heavy (non-hydrogen) atoms. The first kappa shape index (κ1) is 17.4. The Labute approximate surface area is 112 Å². The van der Waals surface area contributed by atoms with Crippen LogP contribution in [0.15, 0.2) is 0 Å². The molecule has 0 aliphatic carbocycles. The lowest BCUT2D eigenvalue weighted by Gasteiger charge is -2.30. The minimum Gasteiger partial charge on any atom is -0.352 e. The molecule has 0 saturated heterocycles. The number of carbonyl (C=O) groups is 1. The van der Waals surface area contributed by atoms with E-state index in [-0.39, 0.29) is 11.9 Å². The van der Waals surface area contributed by atoms with E-state index in [0.29, 0.717) is 18.5 Å². The Hall–Kier alpha value is -0.610. The van der Waals surface area contributed by atoms with Gasteiger partial charge in [-0.1, -0.05) is 27.7 Å². The zero-order chi connectivity index (χ0) is 14.1. The molecule has 0 aliphatic heterocycles. The summed E-state index contributed by atoms with van der Waals surface area (Å²) >= 11 is 0. The highest BCUT2D eigenvalue weighted by Gasteiger charge is 2.22. The molecule has 0 aromatic heterocycles. The summed E-state index contributed by atoms with van der Waals surface area (Å²) in [6.45, 7) is 12.8. The SMILES string of the molecule is CCC(CC)NC(=O)C(C)N(CC)CC(C)CN. The van der Waals surface area contributed by atoms with Crippen molar-refractivity contribution in [1.82, 2.24) is 10.2 Å². The Bertz CT molecular complexity index is 229. The molecule has 108 valence electrons. The van der Waals surface area contributed by atoms with Crippen molar-refractivity contribution in [2.75, 3.05) is 19.6 Å². The van der Waals surface area contributed by atoms with Crippen LogP contribution in [0.5, 0.6) is 0 Å². The van der Waals surface area contributed by atoms with Gasteiger partial charge in [0, 0.05) is 12.6 Å². The fourth-order valence-electron chi connectivity index (χ4n) is 2.02. The van der Waals surface area contributed by atoms with E-state index in [9.17, 15) is 4.79 Å². The Morgan fingerprint density at radius 3 is 2.17 bits per heavy atom. The summed E-state index contributed by atoms with van der Waals surface area (Å²) in [4.78, 5) is 14.3. The average molecular weight is 257 g/mol. The predicted molar refractivity (Wildman–Crippen MR) is 77.4 cm³/mol. The topological polar surface area (TPSA) is 58.4 Å². The van der Waals surface area contributed by atoms with Crippen molar-refractivity contribution in [2.24, 2.45) is 11.7 Å².